The van der Waals surface area contributed by atoms with Gasteiger partial charge in [0.05, 0.1) is 0 Å². The van der Waals surface area contributed by atoms with E-state index in [1.165, 1.54) is 0 Å². The van der Waals surface area contributed by atoms with Crippen LogP contribution in [0.2, 0.25) is 5.02 Å². The summed E-state index contributed by atoms with van der Waals surface area (Å²) < 4.78 is 0. The van der Waals surface area contributed by atoms with Crippen LogP contribution in [0.5, 0.6) is 0 Å². The number of aliphatic carboxylic acids is 1. The monoisotopic (exact) mass is 298 g/mol. The van der Waals surface area contributed by atoms with Gasteiger partial charge in [-0.3, -0.25) is 4.79 Å². The molecular formula is C14H19ClN2O3. The first-order valence-electron chi connectivity index (χ1n) is 6.45. The second kappa shape index (κ2) is 7.75. The molecule has 0 aliphatic carbocycles. The third kappa shape index (κ3) is 5.48. The van der Waals surface area contributed by atoms with E-state index in [2.05, 4.69) is 10.6 Å². The topological polar surface area (TPSA) is 78.4 Å². The normalized spacial score (nSPS) is 11.8. The standard InChI is InChI=1S/C14H19ClN2O3/c1-3-10(6-13(18)19)8-16-14(20)17-11-5-4-9(2)12(15)7-11/h4-5,7,10H,3,6,8H2,1-2H3,(H,18,19)(H2,16,17,20). The van der Waals surface area contributed by atoms with Crippen molar-refractivity contribution in [3.63, 3.8) is 0 Å². The number of benzene rings is 1. The highest BCUT2D eigenvalue weighted by molar-refractivity contribution is 6.31. The molecule has 0 radical (unpaired) electrons. The van der Waals surface area contributed by atoms with Crippen molar-refractivity contribution in [2.75, 3.05) is 11.9 Å². The second-order valence-electron chi connectivity index (χ2n) is 4.67. The number of carboxylic acid groups (broad SMARTS) is 1. The molecule has 0 saturated carbocycles. The molecular weight excluding hydrogens is 280 g/mol. The van der Waals surface area contributed by atoms with Gasteiger partial charge in [-0.15, -0.1) is 0 Å². The summed E-state index contributed by atoms with van der Waals surface area (Å²) in [6, 6.07) is 4.88. The zero-order chi connectivity index (χ0) is 15.1. The Morgan fingerprint density at radius 3 is 2.65 bits per heavy atom. The Hall–Kier alpha value is -1.75. The molecule has 0 spiro atoms. The number of anilines is 1. The molecule has 1 aromatic carbocycles. The number of aryl methyl sites for hydroxylation is 1. The van der Waals surface area contributed by atoms with Crippen LogP contribution in [0, 0.1) is 12.8 Å². The Morgan fingerprint density at radius 1 is 1.40 bits per heavy atom. The minimum absolute atomic E-state index is 0.0487. The van der Waals surface area contributed by atoms with Crippen LogP contribution in [-0.4, -0.2) is 23.7 Å². The average molecular weight is 299 g/mol. The fraction of sp³-hybridized carbons (Fsp3) is 0.429. The fourth-order valence-corrected chi connectivity index (χ4v) is 1.87. The maximum Gasteiger partial charge on any atom is 0.319 e. The summed E-state index contributed by atoms with van der Waals surface area (Å²) in [5, 5.41) is 14.6. The quantitative estimate of drug-likeness (QED) is 0.754. The molecule has 0 aromatic heterocycles. The van der Waals surface area contributed by atoms with Crippen molar-refractivity contribution in [3.05, 3.63) is 28.8 Å². The van der Waals surface area contributed by atoms with Crippen molar-refractivity contribution in [2.24, 2.45) is 5.92 Å². The highest BCUT2D eigenvalue weighted by atomic mass is 35.5. The summed E-state index contributed by atoms with van der Waals surface area (Å²) >= 11 is 5.97. The zero-order valence-corrected chi connectivity index (χ0v) is 12.3. The number of carbonyl (C=O) groups excluding carboxylic acids is 1. The largest absolute Gasteiger partial charge is 0.481 e. The van der Waals surface area contributed by atoms with Crippen LogP contribution >= 0.6 is 11.6 Å². The van der Waals surface area contributed by atoms with E-state index in [0.29, 0.717) is 23.7 Å². The van der Waals surface area contributed by atoms with E-state index in [9.17, 15) is 9.59 Å². The maximum atomic E-state index is 11.7. The Morgan fingerprint density at radius 2 is 2.10 bits per heavy atom. The molecule has 0 saturated heterocycles. The van der Waals surface area contributed by atoms with E-state index < -0.39 is 5.97 Å². The van der Waals surface area contributed by atoms with Crippen molar-refractivity contribution in [2.45, 2.75) is 26.7 Å². The molecule has 1 aromatic rings. The summed E-state index contributed by atoms with van der Waals surface area (Å²) in [5.41, 5.74) is 1.54. The number of amides is 2. The minimum Gasteiger partial charge on any atom is -0.481 e. The van der Waals surface area contributed by atoms with E-state index in [0.717, 1.165) is 5.56 Å². The third-order valence-corrected chi connectivity index (χ3v) is 3.43. The molecule has 110 valence electrons. The molecule has 0 aliphatic heterocycles. The van der Waals surface area contributed by atoms with Gasteiger partial charge in [0, 0.05) is 23.7 Å². The van der Waals surface area contributed by atoms with Gasteiger partial charge < -0.3 is 15.7 Å². The van der Waals surface area contributed by atoms with Crippen LogP contribution < -0.4 is 10.6 Å². The maximum absolute atomic E-state index is 11.7. The second-order valence-corrected chi connectivity index (χ2v) is 5.08. The van der Waals surface area contributed by atoms with Crippen LogP contribution in [0.4, 0.5) is 10.5 Å². The average Bonchev–Trinajstić information content (AvgIpc) is 2.38. The van der Waals surface area contributed by atoms with Crippen molar-refractivity contribution in [3.8, 4) is 0 Å². The molecule has 1 atom stereocenters. The van der Waals surface area contributed by atoms with E-state index in [4.69, 9.17) is 16.7 Å². The minimum atomic E-state index is -0.857. The van der Waals surface area contributed by atoms with Gasteiger partial charge in [0.15, 0.2) is 0 Å². The molecule has 6 heteroatoms. The van der Waals surface area contributed by atoms with E-state index in [1.807, 2.05) is 19.9 Å². The molecule has 1 rings (SSSR count). The predicted molar refractivity (Wildman–Crippen MR) is 79.2 cm³/mol. The highest BCUT2D eigenvalue weighted by Crippen LogP contribution is 2.19. The first-order valence-corrected chi connectivity index (χ1v) is 6.83. The summed E-state index contributed by atoms with van der Waals surface area (Å²) in [6.07, 6.45) is 0.746. The number of halogens is 1. The van der Waals surface area contributed by atoms with Crippen LogP contribution in [0.1, 0.15) is 25.3 Å². The van der Waals surface area contributed by atoms with E-state index in [-0.39, 0.29) is 18.4 Å². The summed E-state index contributed by atoms with van der Waals surface area (Å²) in [7, 11) is 0. The SMILES string of the molecule is CCC(CNC(=O)Nc1ccc(C)c(Cl)c1)CC(=O)O. The van der Waals surface area contributed by atoms with Gasteiger partial charge >= 0.3 is 12.0 Å². The first-order chi connectivity index (χ1) is 9.42. The number of carbonyl (C=O) groups is 2. The van der Waals surface area contributed by atoms with Gasteiger partial charge in [-0.2, -0.15) is 0 Å². The molecule has 1 unspecified atom stereocenters. The first kappa shape index (κ1) is 16.3. The smallest absolute Gasteiger partial charge is 0.319 e. The Kier molecular flexibility index (Phi) is 6.31. The van der Waals surface area contributed by atoms with Crippen molar-refractivity contribution < 1.29 is 14.7 Å². The number of hydrogen-bond donors (Lipinski definition) is 3. The molecule has 3 N–H and O–H groups in total. The Balaban J connectivity index is 2.46. The molecule has 0 aliphatic rings. The predicted octanol–water partition coefficient (Wildman–Crippen LogP) is 3.27. The van der Waals surface area contributed by atoms with Crippen LogP contribution in [0.15, 0.2) is 18.2 Å². The Bertz CT molecular complexity index is 491. The van der Waals surface area contributed by atoms with Crippen LogP contribution in [0.25, 0.3) is 0 Å². The van der Waals surface area contributed by atoms with Gasteiger partial charge in [0.1, 0.15) is 0 Å². The molecule has 0 fully saturated rings. The molecule has 0 bridgehead atoms. The van der Waals surface area contributed by atoms with Crippen LogP contribution in [0.3, 0.4) is 0 Å². The zero-order valence-electron chi connectivity index (χ0n) is 11.6. The lowest BCUT2D eigenvalue weighted by atomic mass is 10.0. The number of hydrogen-bond acceptors (Lipinski definition) is 2. The van der Waals surface area contributed by atoms with Gasteiger partial charge in [-0.25, -0.2) is 4.79 Å². The van der Waals surface area contributed by atoms with Crippen molar-refractivity contribution in [1.29, 1.82) is 0 Å². The van der Waals surface area contributed by atoms with Crippen LogP contribution in [-0.2, 0) is 4.79 Å². The number of urea groups is 1. The number of nitrogens with one attached hydrogen (secondary N) is 2. The number of carboxylic acids is 1. The highest BCUT2D eigenvalue weighted by Gasteiger charge is 2.12. The fourth-order valence-electron chi connectivity index (χ4n) is 1.69. The summed E-state index contributed by atoms with van der Waals surface area (Å²) in [4.78, 5) is 22.3. The van der Waals surface area contributed by atoms with Crippen molar-refractivity contribution in [1.82, 2.24) is 5.32 Å². The lowest BCUT2D eigenvalue weighted by molar-refractivity contribution is -0.138. The number of rotatable bonds is 6. The molecule has 0 heterocycles. The van der Waals surface area contributed by atoms with E-state index >= 15 is 0 Å². The lowest BCUT2D eigenvalue weighted by Crippen LogP contribution is -2.33. The molecule has 5 nitrogen and oxygen atoms in total. The summed E-state index contributed by atoms with van der Waals surface area (Å²) in [6.45, 7) is 4.10. The lowest BCUT2D eigenvalue weighted by Gasteiger charge is -2.14. The Labute approximate surface area is 123 Å². The van der Waals surface area contributed by atoms with Gasteiger partial charge in [-0.1, -0.05) is 31.0 Å². The summed E-state index contributed by atoms with van der Waals surface area (Å²) in [5.74, 6) is -0.927. The van der Waals surface area contributed by atoms with E-state index in [1.54, 1.807) is 12.1 Å². The van der Waals surface area contributed by atoms with Crippen molar-refractivity contribution >= 4 is 29.3 Å². The molecule has 2 amide bonds. The van der Waals surface area contributed by atoms with Gasteiger partial charge in [0.25, 0.3) is 0 Å². The molecule has 20 heavy (non-hydrogen) atoms. The third-order valence-electron chi connectivity index (χ3n) is 3.02. The van der Waals surface area contributed by atoms with Gasteiger partial charge in [-0.05, 0) is 30.5 Å². The van der Waals surface area contributed by atoms with Gasteiger partial charge in [0.2, 0.25) is 0 Å².